The molecule has 3 rings (SSSR count). The first-order valence-electron chi connectivity index (χ1n) is 8.14. The zero-order valence-electron chi connectivity index (χ0n) is 13.3. The average molecular weight is 363 g/mol. The lowest BCUT2D eigenvalue weighted by Crippen LogP contribution is -2.38. The number of rotatable bonds is 7. The minimum Gasteiger partial charge on any atom is -0.324 e. The van der Waals surface area contributed by atoms with Crippen molar-refractivity contribution in [1.29, 1.82) is 0 Å². The number of carbonyl (C=O) groups excluding carboxylic acids is 1. The summed E-state index contributed by atoms with van der Waals surface area (Å²) in [6.45, 7) is 0.261. The Bertz CT molecular complexity index is 702. The van der Waals surface area contributed by atoms with Crippen molar-refractivity contribution in [3.63, 3.8) is 0 Å². The Morgan fingerprint density at radius 1 is 1.08 bits per heavy atom. The molecule has 1 amide bonds. The highest BCUT2D eigenvalue weighted by atomic mass is 35.5. The summed E-state index contributed by atoms with van der Waals surface area (Å²) in [6.07, 6.45) is 3.40. The molecule has 1 aliphatic rings. The van der Waals surface area contributed by atoms with Crippen LogP contribution in [0.25, 0.3) is 0 Å². The van der Waals surface area contributed by atoms with Gasteiger partial charge in [-0.25, -0.2) is 0 Å². The van der Waals surface area contributed by atoms with Gasteiger partial charge >= 0.3 is 0 Å². The van der Waals surface area contributed by atoms with Gasteiger partial charge in [0.05, 0.1) is 22.3 Å². The van der Waals surface area contributed by atoms with Crippen LogP contribution in [-0.4, -0.2) is 18.5 Å². The van der Waals surface area contributed by atoms with Crippen molar-refractivity contribution in [2.75, 3.05) is 11.9 Å². The van der Waals surface area contributed by atoms with Crippen molar-refractivity contribution in [3.8, 4) is 0 Å². The van der Waals surface area contributed by atoms with Crippen LogP contribution in [0.4, 0.5) is 5.69 Å². The highest BCUT2D eigenvalue weighted by molar-refractivity contribution is 6.43. The second-order valence-electron chi connectivity index (χ2n) is 6.16. The van der Waals surface area contributed by atoms with Crippen LogP contribution in [0.2, 0.25) is 10.0 Å². The van der Waals surface area contributed by atoms with Crippen LogP contribution in [0.5, 0.6) is 0 Å². The van der Waals surface area contributed by atoms with E-state index in [-0.39, 0.29) is 12.5 Å². The topological polar surface area (TPSA) is 41.1 Å². The summed E-state index contributed by atoms with van der Waals surface area (Å²) >= 11 is 12.1. The van der Waals surface area contributed by atoms with E-state index < -0.39 is 0 Å². The monoisotopic (exact) mass is 362 g/mol. The quantitative estimate of drug-likeness (QED) is 0.758. The molecule has 5 heteroatoms. The first-order valence-corrected chi connectivity index (χ1v) is 8.90. The second kappa shape index (κ2) is 8.02. The van der Waals surface area contributed by atoms with E-state index in [0.29, 0.717) is 27.7 Å². The molecule has 1 atom stereocenters. The van der Waals surface area contributed by atoms with Crippen molar-refractivity contribution in [2.45, 2.75) is 25.3 Å². The molecule has 0 aliphatic heterocycles. The second-order valence-corrected chi connectivity index (χ2v) is 6.95. The van der Waals surface area contributed by atoms with Crippen LogP contribution < -0.4 is 10.6 Å². The Morgan fingerprint density at radius 3 is 2.54 bits per heavy atom. The van der Waals surface area contributed by atoms with Crippen LogP contribution in [-0.2, 0) is 11.2 Å². The molecule has 1 saturated carbocycles. The molecular weight excluding hydrogens is 343 g/mol. The fourth-order valence-electron chi connectivity index (χ4n) is 2.79. The van der Waals surface area contributed by atoms with Gasteiger partial charge in [-0.1, -0.05) is 59.6 Å². The van der Waals surface area contributed by atoms with E-state index in [2.05, 4.69) is 22.8 Å². The molecule has 126 valence electrons. The molecule has 24 heavy (non-hydrogen) atoms. The van der Waals surface area contributed by atoms with Crippen molar-refractivity contribution < 1.29 is 4.79 Å². The lowest BCUT2D eigenvalue weighted by Gasteiger charge is -2.18. The summed E-state index contributed by atoms with van der Waals surface area (Å²) in [5, 5.41) is 7.01. The minimum absolute atomic E-state index is 0.113. The average Bonchev–Trinajstić information content (AvgIpc) is 3.42. The first kappa shape index (κ1) is 17.3. The minimum atomic E-state index is -0.113. The fraction of sp³-hybridized carbons (Fsp3) is 0.316. The van der Waals surface area contributed by atoms with Crippen LogP contribution in [0.1, 0.15) is 18.4 Å². The number of hydrogen-bond donors (Lipinski definition) is 2. The van der Waals surface area contributed by atoms with E-state index in [1.54, 1.807) is 18.2 Å². The Labute approximate surface area is 152 Å². The maximum atomic E-state index is 12.2. The lowest BCUT2D eigenvalue weighted by molar-refractivity contribution is -0.115. The smallest absolute Gasteiger partial charge is 0.238 e. The van der Waals surface area contributed by atoms with Gasteiger partial charge in [-0.05, 0) is 42.9 Å². The predicted octanol–water partition coefficient (Wildman–Crippen LogP) is 4.54. The number of carbonyl (C=O) groups is 1. The van der Waals surface area contributed by atoms with Gasteiger partial charge in [-0.2, -0.15) is 0 Å². The molecule has 0 unspecified atom stereocenters. The van der Waals surface area contributed by atoms with Gasteiger partial charge in [0.2, 0.25) is 5.91 Å². The van der Waals surface area contributed by atoms with E-state index in [4.69, 9.17) is 23.2 Å². The number of hydrogen-bond acceptors (Lipinski definition) is 2. The normalized spacial score (nSPS) is 15.1. The highest BCUT2D eigenvalue weighted by Crippen LogP contribution is 2.34. The Balaban J connectivity index is 1.54. The van der Waals surface area contributed by atoms with Gasteiger partial charge < -0.3 is 10.6 Å². The number of nitrogens with one attached hydrogen (secondary N) is 2. The molecule has 0 spiro atoms. The van der Waals surface area contributed by atoms with Crippen molar-refractivity contribution >= 4 is 34.8 Å². The number of halogens is 2. The number of amides is 1. The van der Waals surface area contributed by atoms with Gasteiger partial charge in [0.15, 0.2) is 0 Å². The molecule has 0 heterocycles. The summed E-state index contributed by atoms with van der Waals surface area (Å²) in [6, 6.07) is 15.9. The molecule has 2 N–H and O–H groups in total. The van der Waals surface area contributed by atoms with E-state index in [1.165, 1.54) is 18.4 Å². The molecule has 0 bridgehead atoms. The predicted molar refractivity (Wildman–Crippen MR) is 99.8 cm³/mol. The summed E-state index contributed by atoms with van der Waals surface area (Å²) in [7, 11) is 0. The van der Waals surface area contributed by atoms with Crippen LogP contribution in [0.15, 0.2) is 48.5 Å². The molecule has 1 aliphatic carbocycles. The first-order chi connectivity index (χ1) is 11.6. The summed E-state index contributed by atoms with van der Waals surface area (Å²) in [5.74, 6) is 0.547. The molecule has 0 saturated heterocycles. The molecule has 3 nitrogen and oxygen atoms in total. The van der Waals surface area contributed by atoms with Gasteiger partial charge in [0.25, 0.3) is 0 Å². The van der Waals surface area contributed by atoms with Gasteiger partial charge in [-0.15, -0.1) is 0 Å². The molecule has 2 aromatic carbocycles. The Hall–Kier alpha value is -1.55. The van der Waals surface area contributed by atoms with Crippen molar-refractivity contribution in [3.05, 3.63) is 64.1 Å². The fourth-order valence-corrected chi connectivity index (χ4v) is 3.14. The Kier molecular flexibility index (Phi) is 5.77. The zero-order valence-corrected chi connectivity index (χ0v) is 14.8. The summed E-state index contributed by atoms with van der Waals surface area (Å²) < 4.78 is 0. The number of anilines is 1. The molecule has 1 fully saturated rings. The highest BCUT2D eigenvalue weighted by Gasteiger charge is 2.31. The summed E-state index contributed by atoms with van der Waals surface area (Å²) in [4.78, 5) is 12.2. The van der Waals surface area contributed by atoms with Crippen molar-refractivity contribution in [1.82, 2.24) is 5.32 Å². The van der Waals surface area contributed by atoms with Crippen LogP contribution in [0.3, 0.4) is 0 Å². The van der Waals surface area contributed by atoms with Crippen LogP contribution >= 0.6 is 23.2 Å². The molecular formula is C19H20Cl2N2O. The van der Waals surface area contributed by atoms with E-state index >= 15 is 0 Å². The molecule has 0 radical (unpaired) electrons. The largest absolute Gasteiger partial charge is 0.324 e. The van der Waals surface area contributed by atoms with E-state index in [9.17, 15) is 4.79 Å². The van der Waals surface area contributed by atoms with Gasteiger partial charge in [0.1, 0.15) is 0 Å². The zero-order chi connectivity index (χ0) is 16.9. The molecule has 0 aromatic heterocycles. The number of benzene rings is 2. The van der Waals surface area contributed by atoms with E-state index in [0.717, 1.165) is 6.42 Å². The third kappa shape index (κ3) is 4.73. The third-order valence-electron chi connectivity index (χ3n) is 4.24. The van der Waals surface area contributed by atoms with Gasteiger partial charge in [0, 0.05) is 6.04 Å². The van der Waals surface area contributed by atoms with Gasteiger partial charge in [-0.3, -0.25) is 4.79 Å². The third-order valence-corrected chi connectivity index (χ3v) is 5.06. The molecule has 2 aromatic rings. The van der Waals surface area contributed by atoms with E-state index in [1.807, 2.05) is 18.2 Å². The lowest BCUT2D eigenvalue weighted by atomic mass is 10.0. The van der Waals surface area contributed by atoms with Crippen molar-refractivity contribution in [2.24, 2.45) is 5.92 Å². The maximum absolute atomic E-state index is 12.2. The summed E-state index contributed by atoms with van der Waals surface area (Å²) in [5.41, 5.74) is 1.84. The maximum Gasteiger partial charge on any atom is 0.238 e. The SMILES string of the molecule is O=C(CN[C@@H](Cc1ccccc1)C1CC1)Nc1cccc(Cl)c1Cl. The standard InChI is InChI=1S/C19H20Cl2N2O/c20-15-7-4-8-16(19(15)21)23-18(24)12-22-17(14-9-10-14)11-13-5-2-1-3-6-13/h1-8,14,17,22H,9-12H2,(H,23,24)/t17-/m0/s1. The van der Waals surface area contributed by atoms with Crippen LogP contribution in [0, 0.1) is 5.92 Å². The Morgan fingerprint density at radius 2 is 1.83 bits per heavy atom.